The molecule has 5 heteroatoms. The number of rotatable bonds is 3. The van der Waals surface area contributed by atoms with Crippen molar-refractivity contribution >= 4 is 11.9 Å². The van der Waals surface area contributed by atoms with Crippen LogP contribution in [0.5, 0.6) is 0 Å². The third-order valence-electron chi connectivity index (χ3n) is 5.21. The summed E-state index contributed by atoms with van der Waals surface area (Å²) in [5.74, 6) is -1.05. The summed E-state index contributed by atoms with van der Waals surface area (Å²) in [6.45, 7) is 4.77. The minimum absolute atomic E-state index is 0.0510. The molecular weight excluding hydrogens is 292 g/mol. The summed E-state index contributed by atoms with van der Waals surface area (Å²) >= 11 is 0. The molecule has 23 heavy (non-hydrogen) atoms. The van der Waals surface area contributed by atoms with Crippen LogP contribution in [0.15, 0.2) is 18.2 Å². The van der Waals surface area contributed by atoms with E-state index in [1.54, 1.807) is 4.90 Å². The largest absolute Gasteiger partial charge is 0.481 e. The summed E-state index contributed by atoms with van der Waals surface area (Å²) in [4.78, 5) is 25.7. The van der Waals surface area contributed by atoms with Gasteiger partial charge in [0, 0.05) is 19.6 Å². The number of carboxylic acids is 1. The molecular formula is C18H24N2O3. The molecule has 0 aliphatic carbocycles. The lowest BCUT2D eigenvalue weighted by atomic mass is 9.86. The van der Waals surface area contributed by atoms with Crippen LogP contribution in [0.25, 0.3) is 0 Å². The van der Waals surface area contributed by atoms with Gasteiger partial charge in [-0.3, -0.25) is 9.59 Å². The van der Waals surface area contributed by atoms with Crippen molar-refractivity contribution in [2.75, 3.05) is 19.6 Å². The Morgan fingerprint density at radius 2 is 2.22 bits per heavy atom. The number of benzene rings is 1. The van der Waals surface area contributed by atoms with E-state index in [-0.39, 0.29) is 11.8 Å². The van der Waals surface area contributed by atoms with Crippen LogP contribution in [0.4, 0.5) is 0 Å². The first-order valence-corrected chi connectivity index (χ1v) is 8.37. The molecule has 0 bridgehead atoms. The van der Waals surface area contributed by atoms with E-state index in [1.165, 1.54) is 11.1 Å². The zero-order chi connectivity index (χ0) is 16.4. The van der Waals surface area contributed by atoms with Gasteiger partial charge < -0.3 is 15.3 Å². The Morgan fingerprint density at radius 1 is 1.39 bits per heavy atom. The molecule has 5 nitrogen and oxygen atoms in total. The number of nitrogens with zero attached hydrogens (tertiary/aromatic N) is 1. The van der Waals surface area contributed by atoms with Gasteiger partial charge in [0.05, 0.1) is 12.3 Å². The molecule has 3 rings (SSSR count). The number of carbonyl (C=O) groups excluding carboxylic acids is 1. The molecule has 1 fully saturated rings. The van der Waals surface area contributed by atoms with Crippen LogP contribution >= 0.6 is 0 Å². The highest BCUT2D eigenvalue weighted by atomic mass is 16.4. The molecule has 2 unspecified atom stereocenters. The zero-order valence-electron chi connectivity index (χ0n) is 13.5. The molecule has 1 aromatic carbocycles. The van der Waals surface area contributed by atoms with E-state index in [9.17, 15) is 14.7 Å². The standard InChI is InChI=1S/C18H24N2O3/c1-12-6-8-20(11-16(12)18(22)23)17(21)9-13-3-2-4-14-10-19-7-5-15(13)14/h2-4,12,16,19H,5-11H2,1H3,(H,22,23). The van der Waals surface area contributed by atoms with Crippen molar-refractivity contribution < 1.29 is 14.7 Å². The summed E-state index contributed by atoms with van der Waals surface area (Å²) in [6.07, 6.45) is 2.09. The van der Waals surface area contributed by atoms with Gasteiger partial charge in [-0.2, -0.15) is 0 Å². The Kier molecular flexibility index (Phi) is 4.66. The predicted octanol–water partition coefficient (Wildman–Crippen LogP) is 1.44. The van der Waals surface area contributed by atoms with Crippen molar-refractivity contribution in [3.63, 3.8) is 0 Å². The van der Waals surface area contributed by atoms with Crippen LogP contribution in [-0.4, -0.2) is 41.5 Å². The van der Waals surface area contributed by atoms with E-state index in [4.69, 9.17) is 0 Å². The van der Waals surface area contributed by atoms with Crippen LogP contribution < -0.4 is 5.32 Å². The maximum atomic E-state index is 12.6. The van der Waals surface area contributed by atoms with Crippen molar-refractivity contribution in [1.29, 1.82) is 0 Å². The first-order chi connectivity index (χ1) is 11.1. The highest BCUT2D eigenvalue weighted by Crippen LogP contribution is 2.25. The van der Waals surface area contributed by atoms with Crippen molar-refractivity contribution in [2.45, 2.75) is 32.7 Å². The lowest BCUT2D eigenvalue weighted by Crippen LogP contribution is -2.46. The van der Waals surface area contributed by atoms with E-state index < -0.39 is 11.9 Å². The van der Waals surface area contributed by atoms with Gasteiger partial charge in [0.1, 0.15) is 0 Å². The summed E-state index contributed by atoms with van der Waals surface area (Å²) < 4.78 is 0. The first kappa shape index (κ1) is 16.0. The van der Waals surface area contributed by atoms with E-state index in [0.717, 1.165) is 31.5 Å². The fourth-order valence-electron chi connectivity index (χ4n) is 3.67. The SMILES string of the molecule is CC1CCN(C(=O)Cc2cccc3c2CCNC3)CC1C(=O)O. The van der Waals surface area contributed by atoms with Gasteiger partial charge in [0.15, 0.2) is 0 Å². The third kappa shape index (κ3) is 3.39. The topological polar surface area (TPSA) is 69.6 Å². The third-order valence-corrected chi connectivity index (χ3v) is 5.21. The summed E-state index contributed by atoms with van der Waals surface area (Å²) in [5, 5.41) is 12.7. The molecule has 0 aromatic heterocycles. The lowest BCUT2D eigenvalue weighted by Gasteiger charge is -2.35. The molecule has 124 valence electrons. The van der Waals surface area contributed by atoms with Crippen LogP contribution in [0.1, 0.15) is 30.0 Å². The highest BCUT2D eigenvalue weighted by molar-refractivity contribution is 5.80. The number of piperidine rings is 1. The smallest absolute Gasteiger partial charge is 0.308 e. The van der Waals surface area contributed by atoms with E-state index in [0.29, 0.717) is 19.5 Å². The molecule has 1 amide bonds. The molecule has 0 saturated carbocycles. The van der Waals surface area contributed by atoms with Crippen molar-refractivity contribution in [3.05, 3.63) is 34.9 Å². The molecule has 1 aromatic rings. The number of nitrogens with one attached hydrogen (secondary N) is 1. The minimum atomic E-state index is -0.793. The van der Waals surface area contributed by atoms with Gasteiger partial charge >= 0.3 is 5.97 Å². The zero-order valence-corrected chi connectivity index (χ0v) is 13.5. The number of likely N-dealkylation sites (tertiary alicyclic amines) is 1. The number of hydrogen-bond acceptors (Lipinski definition) is 3. The molecule has 2 atom stereocenters. The van der Waals surface area contributed by atoms with Gasteiger partial charge in [0.2, 0.25) is 5.91 Å². The minimum Gasteiger partial charge on any atom is -0.481 e. The monoisotopic (exact) mass is 316 g/mol. The van der Waals surface area contributed by atoms with Crippen LogP contribution in [0, 0.1) is 11.8 Å². The Labute approximate surface area is 136 Å². The maximum absolute atomic E-state index is 12.6. The second kappa shape index (κ2) is 6.71. The van der Waals surface area contributed by atoms with E-state index in [1.807, 2.05) is 19.1 Å². The quantitative estimate of drug-likeness (QED) is 0.885. The normalized spacial score (nSPS) is 24.1. The Hall–Kier alpha value is -1.88. The van der Waals surface area contributed by atoms with Crippen LogP contribution in [0.2, 0.25) is 0 Å². The Morgan fingerprint density at radius 3 is 3.00 bits per heavy atom. The summed E-state index contributed by atoms with van der Waals surface area (Å²) in [7, 11) is 0. The van der Waals surface area contributed by atoms with E-state index in [2.05, 4.69) is 11.4 Å². The molecule has 2 aliphatic rings. The maximum Gasteiger partial charge on any atom is 0.308 e. The molecule has 2 N–H and O–H groups in total. The summed E-state index contributed by atoms with van der Waals surface area (Å²) in [6, 6.07) is 6.15. The average molecular weight is 316 g/mol. The van der Waals surface area contributed by atoms with Gasteiger partial charge in [-0.25, -0.2) is 0 Å². The van der Waals surface area contributed by atoms with Gasteiger partial charge in [-0.1, -0.05) is 25.1 Å². The molecule has 0 spiro atoms. The Balaban J connectivity index is 1.71. The summed E-state index contributed by atoms with van der Waals surface area (Å²) in [5.41, 5.74) is 3.66. The highest BCUT2D eigenvalue weighted by Gasteiger charge is 2.33. The van der Waals surface area contributed by atoms with Gasteiger partial charge in [-0.15, -0.1) is 0 Å². The van der Waals surface area contributed by atoms with E-state index >= 15 is 0 Å². The van der Waals surface area contributed by atoms with Crippen LogP contribution in [0.3, 0.4) is 0 Å². The lowest BCUT2D eigenvalue weighted by molar-refractivity contribution is -0.147. The average Bonchev–Trinajstić information content (AvgIpc) is 2.55. The predicted molar refractivity (Wildman–Crippen MR) is 87.0 cm³/mol. The molecule has 2 aliphatic heterocycles. The van der Waals surface area contributed by atoms with Gasteiger partial charge in [0.25, 0.3) is 0 Å². The number of fused-ring (bicyclic) bond motifs is 1. The van der Waals surface area contributed by atoms with Gasteiger partial charge in [-0.05, 0) is 42.0 Å². The number of carbonyl (C=O) groups is 2. The number of amides is 1. The first-order valence-electron chi connectivity index (χ1n) is 8.37. The number of hydrogen-bond donors (Lipinski definition) is 2. The molecule has 2 heterocycles. The van der Waals surface area contributed by atoms with Crippen molar-refractivity contribution in [3.8, 4) is 0 Å². The number of aliphatic carboxylic acids is 1. The van der Waals surface area contributed by atoms with Crippen molar-refractivity contribution in [1.82, 2.24) is 10.2 Å². The van der Waals surface area contributed by atoms with Crippen molar-refractivity contribution in [2.24, 2.45) is 11.8 Å². The second-order valence-electron chi connectivity index (χ2n) is 6.71. The second-order valence-corrected chi connectivity index (χ2v) is 6.71. The fourth-order valence-corrected chi connectivity index (χ4v) is 3.67. The fraction of sp³-hybridized carbons (Fsp3) is 0.556. The molecule has 0 radical (unpaired) electrons. The number of carboxylic acid groups (broad SMARTS) is 1. The Bertz CT molecular complexity index is 614. The van der Waals surface area contributed by atoms with Crippen LogP contribution in [-0.2, 0) is 29.0 Å². The molecule has 1 saturated heterocycles.